The molecular weight excluding hydrogens is 204 g/mol. The lowest BCUT2D eigenvalue weighted by Gasteiger charge is -2.06. The molecule has 0 fully saturated rings. The van der Waals surface area contributed by atoms with Gasteiger partial charge < -0.3 is 10.8 Å². The van der Waals surface area contributed by atoms with Crippen molar-refractivity contribution < 1.29 is 13.5 Å². The van der Waals surface area contributed by atoms with Crippen molar-refractivity contribution in [3.63, 3.8) is 0 Å². The van der Waals surface area contributed by atoms with Crippen LogP contribution in [0.15, 0.2) is 24.3 Å². The minimum Gasteiger partial charge on any atom is -0.399 e. The SMILES string of the molecule is Nc1ccc(NS(=O)(=O)CCO)cc1. The average Bonchev–Trinajstić information content (AvgIpc) is 2.08. The van der Waals surface area contributed by atoms with Crippen LogP contribution in [0.3, 0.4) is 0 Å². The van der Waals surface area contributed by atoms with Crippen LogP contribution in [0, 0.1) is 0 Å². The van der Waals surface area contributed by atoms with Gasteiger partial charge in [0.05, 0.1) is 12.4 Å². The molecule has 4 N–H and O–H groups in total. The van der Waals surface area contributed by atoms with Crippen molar-refractivity contribution in [2.45, 2.75) is 0 Å². The first-order valence-electron chi connectivity index (χ1n) is 4.00. The minimum atomic E-state index is -3.44. The predicted molar refractivity (Wildman–Crippen MR) is 55.3 cm³/mol. The van der Waals surface area contributed by atoms with Gasteiger partial charge in [-0.25, -0.2) is 8.42 Å². The van der Waals surface area contributed by atoms with Crippen LogP contribution in [-0.4, -0.2) is 25.9 Å². The van der Waals surface area contributed by atoms with E-state index in [4.69, 9.17) is 10.8 Å². The smallest absolute Gasteiger partial charge is 0.234 e. The quantitative estimate of drug-likeness (QED) is 0.618. The molecule has 0 aliphatic heterocycles. The summed E-state index contributed by atoms with van der Waals surface area (Å²) in [6.45, 7) is -0.399. The molecule has 1 aromatic rings. The Kier molecular flexibility index (Phi) is 3.32. The number of hydrogen-bond donors (Lipinski definition) is 3. The molecule has 0 aromatic heterocycles. The van der Waals surface area contributed by atoms with Crippen LogP contribution in [0.5, 0.6) is 0 Å². The van der Waals surface area contributed by atoms with E-state index < -0.39 is 16.6 Å². The lowest BCUT2D eigenvalue weighted by Crippen LogP contribution is -2.18. The lowest BCUT2D eigenvalue weighted by molar-refractivity contribution is 0.320. The van der Waals surface area contributed by atoms with E-state index in [9.17, 15) is 8.42 Å². The molecule has 0 aliphatic rings. The zero-order valence-electron chi connectivity index (χ0n) is 7.47. The van der Waals surface area contributed by atoms with Gasteiger partial charge >= 0.3 is 0 Å². The fourth-order valence-corrected chi connectivity index (χ4v) is 1.74. The molecule has 0 saturated carbocycles. The Balaban J connectivity index is 2.74. The third-order valence-electron chi connectivity index (χ3n) is 1.54. The summed E-state index contributed by atoms with van der Waals surface area (Å²) < 4.78 is 24.7. The van der Waals surface area contributed by atoms with Crippen molar-refractivity contribution in [3.8, 4) is 0 Å². The van der Waals surface area contributed by atoms with E-state index in [1.165, 1.54) is 0 Å². The number of nitrogens with two attached hydrogens (primary N) is 1. The second-order valence-electron chi connectivity index (χ2n) is 2.77. The first-order valence-corrected chi connectivity index (χ1v) is 5.65. The number of nitrogen functional groups attached to an aromatic ring is 1. The Morgan fingerprint density at radius 1 is 1.29 bits per heavy atom. The highest BCUT2D eigenvalue weighted by Gasteiger charge is 2.08. The van der Waals surface area contributed by atoms with Gasteiger partial charge in [-0.3, -0.25) is 4.72 Å². The monoisotopic (exact) mass is 216 g/mol. The Labute approximate surface area is 82.6 Å². The fourth-order valence-electron chi connectivity index (χ4n) is 0.902. The highest BCUT2D eigenvalue weighted by molar-refractivity contribution is 7.92. The van der Waals surface area contributed by atoms with Gasteiger partial charge in [0.25, 0.3) is 0 Å². The summed E-state index contributed by atoms with van der Waals surface area (Å²) in [5.74, 6) is -0.308. The predicted octanol–water partition coefficient (Wildman–Crippen LogP) is 0.00280. The summed E-state index contributed by atoms with van der Waals surface area (Å²) in [4.78, 5) is 0. The van der Waals surface area contributed by atoms with E-state index in [0.717, 1.165) is 0 Å². The highest BCUT2D eigenvalue weighted by atomic mass is 32.2. The Hall–Kier alpha value is -1.27. The molecule has 0 saturated heterocycles. The third kappa shape index (κ3) is 3.23. The summed E-state index contributed by atoms with van der Waals surface area (Å²) in [7, 11) is -3.44. The third-order valence-corrected chi connectivity index (χ3v) is 2.81. The highest BCUT2D eigenvalue weighted by Crippen LogP contribution is 2.11. The maximum atomic E-state index is 11.2. The van der Waals surface area contributed by atoms with Gasteiger partial charge in [-0.05, 0) is 24.3 Å². The Bertz CT molecular complexity index is 386. The normalized spacial score (nSPS) is 11.2. The van der Waals surface area contributed by atoms with Crippen molar-refractivity contribution >= 4 is 21.4 Å². The molecule has 0 radical (unpaired) electrons. The lowest BCUT2D eigenvalue weighted by atomic mass is 10.3. The number of aliphatic hydroxyl groups excluding tert-OH is 1. The maximum Gasteiger partial charge on any atom is 0.234 e. The molecule has 0 unspecified atom stereocenters. The molecule has 1 aromatic carbocycles. The van der Waals surface area contributed by atoms with E-state index >= 15 is 0 Å². The summed E-state index contributed by atoms with van der Waals surface area (Å²) in [5.41, 5.74) is 6.43. The van der Waals surface area contributed by atoms with Crippen molar-refractivity contribution in [3.05, 3.63) is 24.3 Å². The summed E-state index contributed by atoms with van der Waals surface area (Å²) in [5, 5.41) is 8.48. The second kappa shape index (κ2) is 4.30. The molecule has 14 heavy (non-hydrogen) atoms. The van der Waals surface area contributed by atoms with E-state index in [1.54, 1.807) is 24.3 Å². The van der Waals surface area contributed by atoms with Crippen LogP contribution in [0.4, 0.5) is 11.4 Å². The summed E-state index contributed by atoms with van der Waals surface area (Å²) in [6.07, 6.45) is 0. The van der Waals surface area contributed by atoms with Gasteiger partial charge in [0, 0.05) is 11.4 Å². The first-order chi connectivity index (χ1) is 6.53. The molecule has 5 nitrogen and oxygen atoms in total. The van der Waals surface area contributed by atoms with E-state index in [2.05, 4.69) is 4.72 Å². The number of aliphatic hydroxyl groups is 1. The van der Waals surface area contributed by atoms with Crippen molar-refractivity contribution in [1.29, 1.82) is 0 Å². The van der Waals surface area contributed by atoms with Crippen LogP contribution < -0.4 is 10.5 Å². The number of sulfonamides is 1. The molecule has 0 aliphatic carbocycles. The van der Waals surface area contributed by atoms with Crippen LogP contribution in [0.25, 0.3) is 0 Å². The van der Waals surface area contributed by atoms with Crippen molar-refractivity contribution in [2.24, 2.45) is 0 Å². The molecule has 0 atom stereocenters. The van der Waals surface area contributed by atoms with Crippen molar-refractivity contribution in [2.75, 3.05) is 22.8 Å². The zero-order valence-corrected chi connectivity index (χ0v) is 8.29. The van der Waals surface area contributed by atoms with Gasteiger partial charge in [0.2, 0.25) is 10.0 Å². The summed E-state index contributed by atoms with van der Waals surface area (Å²) in [6, 6.07) is 6.31. The average molecular weight is 216 g/mol. The topological polar surface area (TPSA) is 92.4 Å². The zero-order chi connectivity index (χ0) is 10.6. The van der Waals surface area contributed by atoms with E-state index in [-0.39, 0.29) is 5.75 Å². The number of benzene rings is 1. The van der Waals surface area contributed by atoms with E-state index in [0.29, 0.717) is 11.4 Å². The number of nitrogens with one attached hydrogen (secondary N) is 1. The minimum absolute atomic E-state index is 0.308. The second-order valence-corrected chi connectivity index (χ2v) is 4.61. The van der Waals surface area contributed by atoms with Crippen LogP contribution >= 0.6 is 0 Å². The van der Waals surface area contributed by atoms with Gasteiger partial charge in [-0.15, -0.1) is 0 Å². The van der Waals surface area contributed by atoms with Gasteiger partial charge in [-0.1, -0.05) is 0 Å². The van der Waals surface area contributed by atoms with E-state index in [1.807, 2.05) is 0 Å². The molecule has 6 heteroatoms. The standard InChI is InChI=1S/C8H12N2O3S/c9-7-1-3-8(4-2-7)10-14(12,13)6-5-11/h1-4,10-11H,5-6,9H2. The van der Waals surface area contributed by atoms with Crippen LogP contribution in [0.1, 0.15) is 0 Å². The number of anilines is 2. The molecule has 1 rings (SSSR count). The molecule has 0 amide bonds. The van der Waals surface area contributed by atoms with Crippen molar-refractivity contribution in [1.82, 2.24) is 0 Å². The van der Waals surface area contributed by atoms with Gasteiger partial charge in [0.15, 0.2) is 0 Å². The van der Waals surface area contributed by atoms with Gasteiger partial charge in [-0.2, -0.15) is 0 Å². The molecular formula is C8H12N2O3S. The Morgan fingerprint density at radius 2 is 1.86 bits per heavy atom. The largest absolute Gasteiger partial charge is 0.399 e. The molecule has 0 bridgehead atoms. The maximum absolute atomic E-state index is 11.2. The fraction of sp³-hybridized carbons (Fsp3) is 0.250. The molecule has 0 heterocycles. The molecule has 78 valence electrons. The number of hydrogen-bond acceptors (Lipinski definition) is 4. The molecule has 0 spiro atoms. The van der Waals surface area contributed by atoms with Gasteiger partial charge in [0.1, 0.15) is 0 Å². The van der Waals surface area contributed by atoms with Crippen LogP contribution in [0.2, 0.25) is 0 Å². The Morgan fingerprint density at radius 3 is 2.36 bits per heavy atom. The summed E-state index contributed by atoms with van der Waals surface area (Å²) >= 11 is 0. The first kappa shape index (κ1) is 10.8. The van der Waals surface area contributed by atoms with Crippen LogP contribution in [-0.2, 0) is 10.0 Å². The number of rotatable bonds is 4.